The molecule has 1 fully saturated rings. The van der Waals surface area contributed by atoms with Crippen LogP contribution in [0.3, 0.4) is 0 Å². The lowest BCUT2D eigenvalue weighted by molar-refractivity contribution is -0.133. The molecule has 0 bridgehead atoms. The molecule has 10 heteroatoms. The van der Waals surface area contributed by atoms with Gasteiger partial charge in [0.25, 0.3) is 11.8 Å². The molecule has 0 aliphatic carbocycles. The SMILES string of the molecule is CCN(CC)C(=O)c1ccc(NC(=O)CN2C(=O)N[C@@](C)(c3ccc(OC)c(OC)c3)C2=O)cc1. The molecule has 10 nitrogen and oxygen atoms in total. The lowest BCUT2D eigenvalue weighted by Gasteiger charge is -2.23. The van der Waals surface area contributed by atoms with E-state index in [-0.39, 0.29) is 5.91 Å². The van der Waals surface area contributed by atoms with Crippen LogP contribution in [0.2, 0.25) is 0 Å². The smallest absolute Gasteiger partial charge is 0.325 e. The molecule has 0 spiro atoms. The van der Waals surface area contributed by atoms with Crippen LogP contribution in [0.25, 0.3) is 0 Å². The molecular formula is C25H30N4O6. The summed E-state index contributed by atoms with van der Waals surface area (Å²) in [5, 5.41) is 5.32. The fourth-order valence-electron chi connectivity index (χ4n) is 3.92. The van der Waals surface area contributed by atoms with Crippen LogP contribution < -0.4 is 20.1 Å². The second kappa shape index (κ2) is 10.5. The van der Waals surface area contributed by atoms with E-state index in [1.807, 2.05) is 13.8 Å². The van der Waals surface area contributed by atoms with E-state index in [1.54, 1.807) is 54.3 Å². The van der Waals surface area contributed by atoms with Crippen LogP contribution in [0.15, 0.2) is 42.5 Å². The van der Waals surface area contributed by atoms with Crippen molar-refractivity contribution in [1.82, 2.24) is 15.1 Å². The third-order valence-electron chi connectivity index (χ3n) is 6.00. The Morgan fingerprint density at radius 2 is 1.63 bits per heavy atom. The first-order valence-electron chi connectivity index (χ1n) is 11.2. The summed E-state index contributed by atoms with van der Waals surface area (Å²) in [7, 11) is 2.97. The number of amides is 5. The lowest BCUT2D eigenvalue weighted by Crippen LogP contribution is -2.42. The third kappa shape index (κ3) is 5.06. The van der Waals surface area contributed by atoms with Gasteiger partial charge < -0.3 is 25.0 Å². The first-order valence-corrected chi connectivity index (χ1v) is 11.2. The highest BCUT2D eigenvalue weighted by Crippen LogP contribution is 2.35. The Labute approximate surface area is 204 Å². The molecule has 0 unspecified atom stereocenters. The molecule has 1 aliphatic heterocycles. The van der Waals surface area contributed by atoms with Crippen molar-refractivity contribution in [2.24, 2.45) is 0 Å². The molecule has 0 aromatic heterocycles. The zero-order chi connectivity index (χ0) is 25.8. The Hall–Kier alpha value is -4.08. The number of anilines is 1. The molecule has 1 atom stereocenters. The minimum absolute atomic E-state index is 0.0957. The first-order chi connectivity index (χ1) is 16.7. The first kappa shape index (κ1) is 25.5. The third-order valence-corrected chi connectivity index (χ3v) is 6.00. The van der Waals surface area contributed by atoms with Crippen LogP contribution in [0.4, 0.5) is 10.5 Å². The maximum Gasteiger partial charge on any atom is 0.325 e. The largest absolute Gasteiger partial charge is 0.493 e. The number of imide groups is 1. The highest BCUT2D eigenvalue weighted by atomic mass is 16.5. The van der Waals surface area contributed by atoms with E-state index in [0.29, 0.717) is 41.4 Å². The van der Waals surface area contributed by atoms with Crippen molar-refractivity contribution in [1.29, 1.82) is 0 Å². The minimum atomic E-state index is -1.37. The summed E-state index contributed by atoms with van der Waals surface area (Å²) in [6.07, 6.45) is 0. The number of methoxy groups -OCH3 is 2. The number of hydrogen-bond donors (Lipinski definition) is 2. The number of carbonyl (C=O) groups is 4. The molecule has 2 aromatic carbocycles. The molecule has 1 saturated heterocycles. The lowest BCUT2D eigenvalue weighted by atomic mass is 9.91. The van der Waals surface area contributed by atoms with E-state index in [9.17, 15) is 19.2 Å². The van der Waals surface area contributed by atoms with E-state index in [2.05, 4.69) is 10.6 Å². The molecular weight excluding hydrogens is 452 g/mol. The number of ether oxygens (including phenoxy) is 2. The summed E-state index contributed by atoms with van der Waals surface area (Å²) in [5.41, 5.74) is 0.0701. The van der Waals surface area contributed by atoms with Gasteiger partial charge >= 0.3 is 6.03 Å². The molecule has 0 radical (unpaired) electrons. The molecule has 1 heterocycles. The Morgan fingerprint density at radius 3 is 2.20 bits per heavy atom. The maximum absolute atomic E-state index is 13.2. The van der Waals surface area contributed by atoms with Crippen molar-refractivity contribution in [2.45, 2.75) is 26.3 Å². The second-order valence-electron chi connectivity index (χ2n) is 8.12. The van der Waals surface area contributed by atoms with Crippen molar-refractivity contribution < 1.29 is 28.7 Å². The summed E-state index contributed by atoms with van der Waals surface area (Å²) in [4.78, 5) is 53.4. The van der Waals surface area contributed by atoms with E-state index < -0.39 is 29.9 Å². The predicted octanol–water partition coefficient (Wildman–Crippen LogP) is 2.59. The van der Waals surface area contributed by atoms with Gasteiger partial charge in [0.1, 0.15) is 12.1 Å². The fraction of sp³-hybridized carbons (Fsp3) is 0.360. The molecule has 1 aliphatic rings. The van der Waals surface area contributed by atoms with Crippen LogP contribution in [-0.2, 0) is 15.1 Å². The summed E-state index contributed by atoms with van der Waals surface area (Å²) in [6, 6.07) is 10.7. The summed E-state index contributed by atoms with van der Waals surface area (Å²) in [5.74, 6) is -0.315. The number of benzene rings is 2. The summed E-state index contributed by atoms with van der Waals surface area (Å²) >= 11 is 0. The maximum atomic E-state index is 13.2. The van der Waals surface area contributed by atoms with Crippen molar-refractivity contribution in [3.05, 3.63) is 53.6 Å². The minimum Gasteiger partial charge on any atom is -0.493 e. The average molecular weight is 483 g/mol. The van der Waals surface area contributed by atoms with Crippen LogP contribution in [0, 0.1) is 0 Å². The topological polar surface area (TPSA) is 117 Å². The summed E-state index contributed by atoms with van der Waals surface area (Å²) < 4.78 is 10.5. The van der Waals surface area contributed by atoms with E-state index in [0.717, 1.165) is 4.90 Å². The van der Waals surface area contributed by atoms with Crippen LogP contribution in [-0.4, -0.2) is 67.4 Å². The molecule has 2 N–H and O–H groups in total. The van der Waals surface area contributed by atoms with Gasteiger partial charge in [-0.2, -0.15) is 0 Å². The number of carbonyl (C=O) groups excluding carboxylic acids is 4. The van der Waals surface area contributed by atoms with Gasteiger partial charge in [-0.1, -0.05) is 6.07 Å². The van der Waals surface area contributed by atoms with E-state index >= 15 is 0 Å². The highest BCUT2D eigenvalue weighted by Gasteiger charge is 2.49. The standard InChI is InChI=1S/C25H30N4O6/c1-6-28(7-2)22(31)16-8-11-18(12-9-16)26-21(30)15-29-23(32)25(3,27-24(29)33)17-10-13-19(34-4)20(14-17)35-5/h8-14H,6-7,15H2,1-5H3,(H,26,30)(H,27,33)/t25-/m0/s1. The summed E-state index contributed by atoms with van der Waals surface area (Å²) in [6.45, 7) is 6.11. The normalized spacial score (nSPS) is 17.1. The van der Waals surface area contributed by atoms with Gasteiger partial charge in [0.2, 0.25) is 5.91 Å². The second-order valence-corrected chi connectivity index (χ2v) is 8.12. The van der Waals surface area contributed by atoms with Crippen molar-refractivity contribution in [3.63, 3.8) is 0 Å². The zero-order valence-electron chi connectivity index (χ0n) is 20.5. The van der Waals surface area contributed by atoms with E-state index in [4.69, 9.17) is 9.47 Å². The number of nitrogens with one attached hydrogen (secondary N) is 2. The Balaban J connectivity index is 1.70. The van der Waals surface area contributed by atoms with E-state index in [1.165, 1.54) is 14.2 Å². The van der Waals surface area contributed by atoms with Crippen LogP contribution >= 0.6 is 0 Å². The monoisotopic (exact) mass is 482 g/mol. The van der Waals surface area contributed by atoms with Gasteiger partial charge in [0.05, 0.1) is 14.2 Å². The fourth-order valence-corrected chi connectivity index (χ4v) is 3.92. The number of rotatable bonds is 9. The van der Waals surface area contributed by atoms with Crippen molar-refractivity contribution in [3.8, 4) is 11.5 Å². The van der Waals surface area contributed by atoms with Gasteiger partial charge in [0, 0.05) is 24.3 Å². The molecule has 186 valence electrons. The van der Waals surface area contributed by atoms with Crippen LogP contribution in [0.5, 0.6) is 11.5 Å². The number of hydrogen-bond acceptors (Lipinski definition) is 6. The Bertz CT molecular complexity index is 1130. The van der Waals surface area contributed by atoms with Gasteiger partial charge in [-0.05, 0) is 62.7 Å². The van der Waals surface area contributed by atoms with Gasteiger partial charge in [-0.25, -0.2) is 4.79 Å². The highest BCUT2D eigenvalue weighted by molar-refractivity contribution is 6.10. The van der Waals surface area contributed by atoms with Gasteiger partial charge in [-0.3, -0.25) is 19.3 Å². The Morgan fingerprint density at radius 1 is 1.00 bits per heavy atom. The quantitative estimate of drug-likeness (QED) is 0.531. The molecule has 0 saturated carbocycles. The van der Waals surface area contributed by atoms with Gasteiger partial charge in [-0.15, -0.1) is 0 Å². The molecule has 5 amide bonds. The number of urea groups is 1. The predicted molar refractivity (Wildman–Crippen MR) is 129 cm³/mol. The molecule has 35 heavy (non-hydrogen) atoms. The van der Waals surface area contributed by atoms with Crippen LogP contribution in [0.1, 0.15) is 36.7 Å². The van der Waals surface area contributed by atoms with Crippen molar-refractivity contribution in [2.75, 3.05) is 39.2 Å². The molecule has 2 aromatic rings. The average Bonchev–Trinajstić information content (AvgIpc) is 3.08. The van der Waals surface area contributed by atoms with Gasteiger partial charge in [0.15, 0.2) is 11.5 Å². The molecule has 3 rings (SSSR count). The van der Waals surface area contributed by atoms with Crippen molar-refractivity contribution >= 4 is 29.4 Å². The zero-order valence-corrected chi connectivity index (χ0v) is 20.5. The number of nitrogens with zero attached hydrogens (tertiary/aromatic N) is 2. The Kier molecular flexibility index (Phi) is 7.63.